The van der Waals surface area contributed by atoms with Crippen LogP contribution in [0.4, 0.5) is 4.79 Å². The molecule has 2 atom stereocenters. The van der Waals surface area contributed by atoms with Gasteiger partial charge in [0.15, 0.2) is 5.75 Å². The van der Waals surface area contributed by atoms with E-state index in [0.29, 0.717) is 32.4 Å². The first-order valence-electron chi connectivity index (χ1n) is 16.7. The fourth-order valence-corrected chi connectivity index (χ4v) is 8.15. The molecule has 2 aromatic carbocycles. The summed E-state index contributed by atoms with van der Waals surface area (Å²) in [5.74, 6) is -2.41. The average Bonchev–Trinajstić information content (AvgIpc) is 3.57. The molecular weight excluding hydrogens is 662 g/mol. The summed E-state index contributed by atoms with van der Waals surface area (Å²) in [6, 6.07) is 13.9. The molecule has 0 radical (unpaired) electrons. The second-order valence-corrected chi connectivity index (χ2v) is 16.5. The van der Waals surface area contributed by atoms with E-state index in [-0.39, 0.29) is 17.7 Å². The number of amides is 3. The molecule has 50 heavy (non-hydrogen) atoms. The molecule has 3 amide bonds. The zero-order valence-corrected chi connectivity index (χ0v) is 30.2. The van der Waals surface area contributed by atoms with Gasteiger partial charge in [-0.05, 0) is 76.6 Å². The van der Waals surface area contributed by atoms with Crippen molar-refractivity contribution in [2.45, 2.75) is 88.9 Å². The van der Waals surface area contributed by atoms with Gasteiger partial charge < -0.3 is 30.0 Å². The second-order valence-electron chi connectivity index (χ2n) is 14.7. The minimum atomic E-state index is -3.96. The molecule has 13 nitrogen and oxygen atoms in total. The number of hydrogen-bond donors (Lipinski definition) is 4. The third kappa shape index (κ3) is 8.29. The highest BCUT2D eigenvalue weighted by atomic mass is 32.2. The highest BCUT2D eigenvalue weighted by Crippen LogP contribution is 2.51. The Hall–Kier alpha value is -4.43. The standard InChI is InChI=1S/C36H47N5O8S/c1-34(2,3)49-33(45)39-35(4,5)32(44)38-28(19-23-21-37-27-14-10-8-11-24(23)27)31(43)41-17-15-36(16-18-41)20-29(25-12-7-9-13-26(25)36)40-50(46,47)22-30(42)48-6/h7-14,21,28-29,37,40H,15-20,22H2,1-6H3,(H,38,44)(H,39,45)/t28-,29?/m1/s1. The molecule has 1 saturated heterocycles. The molecule has 0 saturated carbocycles. The summed E-state index contributed by atoms with van der Waals surface area (Å²) in [5, 5.41) is 6.49. The van der Waals surface area contributed by atoms with Gasteiger partial charge in [0.25, 0.3) is 0 Å². The molecule has 270 valence electrons. The molecule has 1 aliphatic heterocycles. The number of piperidine rings is 1. The Morgan fingerprint density at radius 3 is 2.34 bits per heavy atom. The molecule has 1 fully saturated rings. The Bertz CT molecular complexity index is 1870. The molecule has 3 aromatic rings. The van der Waals surface area contributed by atoms with E-state index in [1.54, 1.807) is 39.5 Å². The Kier molecular flexibility index (Phi) is 10.4. The van der Waals surface area contributed by atoms with Crippen LogP contribution in [-0.4, -0.2) is 85.3 Å². The Labute approximate surface area is 292 Å². The number of aromatic amines is 1. The van der Waals surface area contributed by atoms with Crippen LogP contribution in [0.1, 0.15) is 76.6 Å². The normalized spacial score (nSPS) is 18.0. The number of carbonyl (C=O) groups excluding carboxylic acids is 4. The number of alkyl carbamates (subject to hydrolysis) is 1. The average molecular weight is 710 g/mol. The van der Waals surface area contributed by atoms with Crippen molar-refractivity contribution in [3.05, 3.63) is 71.4 Å². The predicted molar refractivity (Wildman–Crippen MR) is 188 cm³/mol. The lowest BCUT2D eigenvalue weighted by molar-refractivity contribution is -0.139. The van der Waals surface area contributed by atoms with Gasteiger partial charge in [-0.3, -0.25) is 14.4 Å². The van der Waals surface area contributed by atoms with Gasteiger partial charge in [0.1, 0.15) is 17.2 Å². The van der Waals surface area contributed by atoms with Crippen LogP contribution < -0.4 is 15.4 Å². The van der Waals surface area contributed by atoms with Crippen molar-refractivity contribution >= 4 is 44.8 Å². The number of sulfonamides is 1. The second kappa shape index (κ2) is 14.1. The van der Waals surface area contributed by atoms with Crippen molar-refractivity contribution in [2.75, 3.05) is 26.0 Å². The molecule has 1 aliphatic carbocycles. The first-order chi connectivity index (χ1) is 23.4. The molecule has 5 rings (SSSR count). The lowest BCUT2D eigenvalue weighted by Crippen LogP contribution is -2.60. The first kappa shape index (κ1) is 36.8. The number of esters is 1. The summed E-state index contributed by atoms with van der Waals surface area (Å²) in [5.41, 5.74) is 1.10. The topological polar surface area (TPSA) is 176 Å². The largest absolute Gasteiger partial charge is 0.468 e. The Morgan fingerprint density at radius 2 is 1.66 bits per heavy atom. The van der Waals surface area contributed by atoms with Crippen molar-refractivity contribution in [2.24, 2.45) is 0 Å². The number of nitrogens with zero attached hydrogens (tertiary/aromatic N) is 1. The van der Waals surface area contributed by atoms with Crippen molar-refractivity contribution in [1.29, 1.82) is 0 Å². The van der Waals surface area contributed by atoms with E-state index < -0.39 is 57.0 Å². The fraction of sp³-hybridized carbons (Fsp3) is 0.500. The van der Waals surface area contributed by atoms with E-state index in [1.165, 1.54) is 0 Å². The zero-order chi connectivity index (χ0) is 36.5. The van der Waals surface area contributed by atoms with E-state index in [9.17, 15) is 27.6 Å². The predicted octanol–water partition coefficient (Wildman–Crippen LogP) is 3.60. The number of hydrogen-bond acceptors (Lipinski definition) is 8. The van der Waals surface area contributed by atoms with E-state index in [2.05, 4.69) is 25.1 Å². The van der Waals surface area contributed by atoms with Gasteiger partial charge in [0, 0.05) is 48.1 Å². The third-order valence-electron chi connectivity index (χ3n) is 9.48. The van der Waals surface area contributed by atoms with E-state index in [4.69, 9.17) is 4.74 Å². The van der Waals surface area contributed by atoms with Crippen molar-refractivity contribution < 1.29 is 37.1 Å². The third-order valence-corrected chi connectivity index (χ3v) is 10.7. The quantitative estimate of drug-likeness (QED) is 0.231. The van der Waals surface area contributed by atoms with Crippen molar-refractivity contribution in [3.63, 3.8) is 0 Å². The van der Waals surface area contributed by atoms with Crippen molar-refractivity contribution in [3.8, 4) is 0 Å². The van der Waals surface area contributed by atoms with Crippen LogP contribution in [-0.2, 0) is 45.7 Å². The molecule has 1 unspecified atom stereocenters. The highest BCUT2D eigenvalue weighted by Gasteiger charge is 2.47. The summed E-state index contributed by atoms with van der Waals surface area (Å²) in [7, 11) is -2.81. The summed E-state index contributed by atoms with van der Waals surface area (Å²) in [6.07, 6.45) is 2.93. The van der Waals surface area contributed by atoms with Gasteiger partial charge in [-0.25, -0.2) is 17.9 Å². The molecular formula is C36H47N5O8S. The van der Waals surface area contributed by atoms with Crippen LogP contribution in [0, 0.1) is 0 Å². The number of nitrogens with one attached hydrogen (secondary N) is 4. The van der Waals surface area contributed by atoms with E-state index in [0.717, 1.165) is 34.7 Å². The number of para-hydroxylation sites is 1. The van der Waals surface area contributed by atoms with Crippen molar-refractivity contribution in [1.82, 2.24) is 25.2 Å². The number of ether oxygens (including phenoxy) is 2. The first-order valence-corrected chi connectivity index (χ1v) is 18.4. The van der Waals surface area contributed by atoms with Gasteiger partial charge in [-0.15, -0.1) is 0 Å². The highest BCUT2D eigenvalue weighted by molar-refractivity contribution is 7.90. The van der Waals surface area contributed by atoms with Crippen LogP contribution in [0.2, 0.25) is 0 Å². The molecule has 1 aromatic heterocycles. The summed E-state index contributed by atoms with van der Waals surface area (Å²) < 4.78 is 38.3. The molecule has 14 heteroatoms. The summed E-state index contributed by atoms with van der Waals surface area (Å²) in [4.78, 5) is 57.3. The molecule has 4 N–H and O–H groups in total. The van der Waals surface area contributed by atoms with E-state index >= 15 is 0 Å². The van der Waals surface area contributed by atoms with Gasteiger partial charge in [-0.1, -0.05) is 42.5 Å². The SMILES string of the molecule is COC(=O)CS(=O)(=O)NC1CC2(CCN(C(=O)[C@@H](Cc3c[nH]c4ccccc34)NC(=O)C(C)(C)NC(=O)OC(C)(C)C)CC2)c2ccccc21. The maximum absolute atomic E-state index is 14.3. The molecule has 0 bridgehead atoms. The number of rotatable bonds is 10. The minimum absolute atomic E-state index is 0.214. The van der Waals surface area contributed by atoms with Crippen LogP contribution in [0.3, 0.4) is 0 Å². The van der Waals surface area contributed by atoms with Crippen LogP contribution in [0.5, 0.6) is 0 Å². The number of carbonyl (C=O) groups is 4. The number of H-pyrrole nitrogens is 1. The number of aromatic nitrogens is 1. The van der Waals surface area contributed by atoms with Crippen LogP contribution in [0.15, 0.2) is 54.7 Å². The maximum Gasteiger partial charge on any atom is 0.408 e. The minimum Gasteiger partial charge on any atom is -0.468 e. The molecule has 2 heterocycles. The van der Waals surface area contributed by atoms with Gasteiger partial charge in [0.05, 0.1) is 7.11 Å². The van der Waals surface area contributed by atoms with Gasteiger partial charge in [0.2, 0.25) is 21.8 Å². The van der Waals surface area contributed by atoms with Gasteiger partial charge in [-0.2, -0.15) is 0 Å². The molecule has 1 spiro atoms. The van der Waals surface area contributed by atoms with Crippen LogP contribution in [0.25, 0.3) is 10.9 Å². The molecule has 2 aliphatic rings. The van der Waals surface area contributed by atoms with E-state index in [1.807, 2.05) is 54.7 Å². The smallest absolute Gasteiger partial charge is 0.408 e. The number of benzene rings is 2. The lowest BCUT2D eigenvalue weighted by atomic mass is 9.73. The Balaban J connectivity index is 1.34. The summed E-state index contributed by atoms with van der Waals surface area (Å²) in [6.45, 7) is 9.06. The Morgan fingerprint density at radius 1 is 1.00 bits per heavy atom. The number of fused-ring (bicyclic) bond motifs is 3. The van der Waals surface area contributed by atoms with Gasteiger partial charge >= 0.3 is 12.1 Å². The summed E-state index contributed by atoms with van der Waals surface area (Å²) >= 11 is 0. The number of likely N-dealkylation sites (tertiary alicyclic amines) is 1. The fourth-order valence-electron chi connectivity index (χ4n) is 7.00. The maximum atomic E-state index is 14.3. The number of methoxy groups -OCH3 is 1. The lowest BCUT2D eigenvalue weighted by Gasteiger charge is -2.41. The van der Waals surface area contributed by atoms with Crippen LogP contribution >= 0.6 is 0 Å². The monoisotopic (exact) mass is 709 g/mol. The zero-order valence-electron chi connectivity index (χ0n) is 29.4.